The molecule has 1 amide bonds. The second kappa shape index (κ2) is 8.94. The molecule has 0 saturated carbocycles. The first-order valence-electron chi connectivity index (χ1n) is 10.0. The molecule has 0 radical (unpaired) electrons. The van der Waals surface area contributed by atoms with Gasteiger partial charge in [-0.25, -0.2) is 0 Å². The fourth-order valence-electron chi connectivity index (χ4n) is 3.62. The van der Waals surface area contributed by atoms with E-state index in [0.29, 0.717) is 15.8 Å². The molecule has 1 aliphatic rings. The Balaban J connectivity index is 1.74. The number of amides is 1. The van der Waals surface area contributed by atoms with Gasteiger partial charge in [0.2, 0.25) is 5.91 Å². The normalized spacial score (nSPS) is 18.4. The van der Waals surface area contributed by atoms with Crippen molar-refractivity contribution in [3.8, 4) is 0 Å². The topological polar surface area (TPSA) is 57.3 Å². The lowest BCUT2D eigenvalue weighted by atomic mass is 10.0. The van der Waals surface area contributed by atoms with Gasteiger partial charge in [0, 0.05) is 22.7 Å². The lowest BCUT2D eigenvalue weighted by Crippen LogP contribution is -2.29. The van der Waals surface area contributed by atoms with Gasteiger partial charge >= 0.3 is 0 Å². The van der Waals surface area contributed by atoms with E-state index in [0.717, 1.165) is 11.4 Å². The standard InChI is InChI=1S/C23H23ClN4OS2/c1-13(2)22(29)26-17-8-7-15(12-16(17)24)28-20(21-14(3)9-11-31-21)19(27-23(28)30)18-6-4-5-10-25-18/h4-13,19-20H,1-3H3,(H,26,29)(H,27,30)/t19-,20-/m1/s1. The molecule has 0 unspecified atom stereocenters. The van der Waals surface area contributed by atoms with Gasteiger partial charge in [-0.15, -0.1) is 11.3 Å². The van der Waals surface area contributed by atoms with Crippen molar-refractivity contribution in [1.29, 1.82) is 0 Å². The Bertz CT molecular complexity index is 1120. The molecule has 1 aromatic carbocycles. The van der Waals surface area contributed by atoms with Crippen molar-refractivity contribution in [2.24, 2.45) is 5.92 Å². The second-order valence-electron chi connectivity index (χ2n) is 7.77. The Hall–Kier alpha value is -2.48. The molecular formula is C23H23ClN4OS2. The van der Waals surface area contributed by atoms with Crippen molar-refractivity contribution in [2.75, 3.05) is 10.2 Å². The number of halogens is 1. The Kier molecular flexibility index (Phi) is 6.27. The van der Waals surface area contributed by atoms with Crippen LogP contribution < -0.4 is 15.5 Å². The number of thiophene rings is 1. The molecular weight excluding hydrogens is 448 g/mol. The van der Waals surface area contributed by atoms with E-state index in [1.165, 1.54) is 10.4 Å². The Morgan fingerprint density at radius 1 is 1.29 bits per heavy atom. The van der Waals surface area contributed by atoms with E-state index >= 15 is 0 Å². The van der Waals surface area contributed by atoms with Crippen molar-refractivity contribution in [3.63, 3.8) is 0 Å². The molecule has 2 atom stereocenters. The second-order valence-corrected chi connectivity index (χ2v) is 9.51. The summed E-state index contributed by atoms with van der Waals surface area (Å²) in [6, 6.07) is 13.5. The van der Waals surface area contributed by atoms with E-state index in [1.807, 2.05) is 50.2 Å². The summed E-state index contributed by atoms with van der Waals surface area (Å²) in [5.74, 6) is -0.202. The molecule has 4 rings (SSSR count). The summed E-state index contributed by atoms with van der Waals surface area (Å²) in [6.45, 7) is 5.80. The van der Waals surface area contributed by atoms with Crippen LogP contribution in [-0.2, 0) is 4.79 Å². The first-order valence-corrected chi connectivity index (χ1v) is 11.7. The molecule has 1 saturated heterocycles. The largest absolute Gasteiger partial charge is 0.351 e. The average molecular weight is 471 g/mol. The highest BCUT2D eigenvalue weighted by Gasteiger charge is 2.42. The van der Waals surface area contributed by atoms with Crippen molar-refractivity contribution >= 4 is 57.5 Å². The fraction of sp³-hybridized carbons (Fsp3) is 0.261. The van der Waals surface area contributed by atoms with Crippen LogP contribution in [-0.4, -0.2) is 16.0 Å². The number of hydrogen-bond donors (Lipinski definition) is 2. The molecule has 8 heteroatoms. The maximum absolute atomic E-state index is 12.1. The van der Waals surface area contributed by atoms with Gasteiger partial charge in [-0.1, -0.05) is 31.5 Å². The van der Waals surface area contributed by atoms with Gasteiger partial charge in [-0.05, 0) is 66.5 Å². The van der Waals surface area contributed by atoms with Gasteiger partial charge in [-0.2, -0.15) is 0 Å². The van der Waals surface area contributed by atoms with E-state index in [4.69, 9.17) is 23.8 Å². The zero-order valence-electron chi connectivity index (χ0n) is 17.4. The highest BCUT2D eigenvalue weighted by Crippen LogP contribution is 2.45. The van der Waals surface area contributed by atoms with Crippen LogP contribution in [0, 0.1) is 12.8 Å². The predicted octanol–water partition coefficient (Wildman–Crippen LogP) is 5.88. The van der Waals surface area contributed by atoms with Gasteiger partial charge in [0.1, 0.15) is 0 Å². The Morgan fingerprint density at radius 2 is 2.10 bits per heavy atom. The van der Waals surface area contributed by atoms with E-state index in [-0.39, 0.29) is 23.9 Å². The number of anilines is 2. The molecule has 5 nitrogen and oxygen atoms in total. The third-order valence-electron chi connectivity index (χ3n) is 5.28. The maximum atomic E-state index is 12.1. The highest BCUT2D eigenvalue weighted by atomic mass is 35.5. The minimum absolute atomic E-state index is 0.0606. The summed E-state index contributed by atoms with van der Waals surface area (Å²) in [5.41, 5.74) is 3.59. The van der Waals surface area contributed by atoms with Crippen LogP contribution >= 0.6 is 35.2 Å². The van der Waals surface area contributed by atoms with Crippen LogP contribution in [0.15, 0.2) is 54.0 Å². The summed E-state index contributed by atoms with van der Waals surface area (Å²) >= 11 is 14.0. The Morgan fingerprint density at radius 3 is 2.71 bits per heavy atom. The fourth-order valence-corrected chi connectivity index (χ4v) is 5.24. The third-order valence-corrected chi connectivity index (χ3v) is 7.00. The molecule has 0 spiro atoms. The van der Waals surface area contributed by atoms with Crippen molar-refractivity contribution in [3.05, 3.63) is 75.2 Å². The molecule has 2 N–H and O–H groups in total. The molecule has 160 valence electrons. The molecule has 1 aliphatic heterocycles. The van der Waals surface area contributed by atoms with E-state index < -0.39 is 0 Å². The average Bonchev–Trinajstić information content (AvgIpc) is 3.32. The van der Waals surface area contributed by atoms with E-state index in [2.05, 4.69) is 38.9 Å². The van der Waals surface area contributed by atoms with Gasteiger partial charge in [0.25, 0.3) is 0 Å². The molecule has 1 fully saturated rings. The zero-order valence-corrected chi connectivity index (χ0v) is 19.8. The van der Waals surface area contributed by atoms with Crippen LogP contribution in [0.4, 0.5) is 11.4 Å². The third kappa shape index (κ3) is 4.31. The van der Waals surface area contributed by atoms with Gasteiger partial charge in [0.15, 0.2) is 5.11 Å². The zero-order chi connectivity index (χ0) is 22.1. The molecule has 2 aromatic heterocycles. The van der Waals surface area contributed by atoms with Crippen LogP contribution in [0.3, 0.4) is 0 Å². The van der Waals surface area contributed by atoms with Crippen LogP contribution in [0.2, 0.25) is 5.02 Å². The summed E-state index contributed by atoms with van der Waals surface area (Å²) in [5, 5.41) is 9.51. The summed E-state index contributed by atoms with van der Waals surface area (Å²) in [6.07, 6.45) is 1.80. The number of benzene rings is 1. The predicted molar refractivity (Wildman–Crippen MR) is 132 cm³/mol. The number of rotatable bonds is 5. The molecule has 31 heavy (non-hydrogen) atoms. The first-order chi connectivity index (χ1) is 14.9. The number of nitrogens with zero attached hydrogens (tertiary/aromatic N) is 2. The monoisotopic (exact) mass is 470 g/mol. The van der Waals surface area contributed by atoms with Crippen LogP contribution in [0.1, 0.15) is 42.1 Å². The van der Waals surface area contributed by atoms with E-state index in [1.54, 1.807) is 17.5 Å². The quantitative estimate of drug-likeness (QED) is 0.456. The number of aromatic nitrogens is 1. The molecule has 3 heterocycles. The minimum atomic E-state index is -0.128. The smallest absolute Gasteiger partial charge is 0.226 e. The molecule has 0 aliphatic carbocycles. The van der Waals surface area contributed by atoms with Crippen molar-refractivity contribution in [2.45, 2.75) is 32.9 Å². The summed E-state index contributed by atoms with van der Waals surface area (Å²) in [7, 11) is 0. The first kappa shape index (κ1) is 21.7. The maximum Gasteiger partial charge on any atom is 0.226 e. The number of pyridine rings is 1. The molecule has 3 aromatic rings. The highest BCUT2D eigenvalue weighted by molar-refractivity contribution is 7.80. The lowest BCUT2D eigenvalue weighted by molar-refractivity contribution is -0.118. The SMILES string of the molecule is Cc1ccsc1[C@H]1[C@@H](c2ccccn2)NC(=S)N1c1ccc(NC(=O)C(C)C)c(Cl)c1. The van der Waals surface area contributed by atoms with Crippen molar-refractivity contribution in [1.82, 2.24) is 10.3 Å². The number of hydrogen-bond acceptors (Lipinski definition) is 4. The summed E-state index contributed by atoms with van der Waals surface area (Å²) < 4.78 is 0. The number of nitrogens with one attached hydrogen (secondary N) is 2. The Labute approximate surface area is 196 Å². The number of thiocarbonyl (C=S) groups is 1. The molecule has 0 bridgehead atoms. The minimum Gasteiger partial charge on any atom is -0.351 e. The van der Waals surface area contributed by atoms with Crippen LogP contribution in [0.25, 0.3) is 0 Å². The van der Waals surface area contributed by atoms with Gasteiger partial charge in [-0.3, -0.25) is 9.78 Å². The van der Waals surface area contributed by atoms with Crippen molar-refractivity contribution < 1.29 is 4.79 Å². The lowest BCUT2D eigenvalue weighted by Gasteiger charge is -2.28. The van der Waals surface area contributed by atoms with Crippen LogP contribution in [0.5, 0.6) is 0 Å². The van der Waals surface area contributed by atoms with Gasteiger partial charge < -0.3 is 15.5 Å². The number of carbonyl (C=O) groups is 1. The van der Waals surface area contributed by atoms with Gasteiger partial charge in [0.05, 0.1) is 28.5 Å². The number of aryl methyl sites for hydroxylation is 1. The number of carbonyl (C=O) groups excluding carboxylic acids is 1. The van der Waals surface area contributed by atoms with E-state index in [9.17, 15) is 4.79 Å². The summed E-state index contributed by atoms with van der Waals surface area (Å²) in [4.78, 5) is 20.0.